The second-order valence-electron chi connectivity index (χ2n) is 2.85. The molecule has 0 aromatic carbocycles. The zero-order valence-electron chi connectivity index (χ0n) is 7.13. The first-order valence-corrected chi connectivity index (χ1v) is 4.20. The van der Waals surface area contributed by atoms with Crippen LogP contribution < -0.4 is 11.3 Å². The Bertz CT molecular complexity index is 407. The van der Waals surface area contributed by atoms with Gasteiger partial charge in [-0.3, -0.25) is 9.78 Å². The molecule has 1 aromatic rings. The molecule has 0 spiro atoms. The molecule has 0 radical (unpaired) electrons. The molecule has 0 aliphatic heterocycles. The van der Waals surface area contributed by atoms with Crippen LogP contribution in [0.2, 0.25) is 0 Å². The number of rotatable bonds is 2. The van der Waals surface area contributed by atoms with E-state index >= 15 is 0 Å². The van der Waals surface area contributed by atoms with Crippen molar-refractivity contribution in [2.75, 3.05) is 5.73 Å². The molecule has 0 bridgehead atoms. The lowest BCUT2D eigenvalue weighted by atomic mass is 10.1. The van der Waals surface area contributed by atoms with Gasteiger partial charge in [0.15, 0.2) is 4.77 Å². The standard InChI is InChI=1S/C7H11N3O2S/c1-3(11)2-4-5(8)9-7(13)10-6(4)12/h3,11H,2H2,1H3,(H4,8,9,10,12,13). The first-order valence-electron chi connectivity index (χ1n) is 3.79. The second kappa shape index (κ2) is 3.71. The number of aromatic nitrogens is 2. The quantitative estimate of drug-likeness (QED) is 0.504. The van der Waals surface area contributed by atoms with Crippen molar-refractivity contribution in [3.63, 3.8) is 0 Å². The van der Waals surface area contributed by atoms with Crippen molar-refractivity contribution in [3.8, 4) is 0 Å². The maximum absolute atomic E-state index is 11.3. The van der Waals surface area contributed by atoms with Crippen LogP contribution in [0.3, 0.4) is 0 Å². The first-order chi connectivity index (χ1) is 6.00. The van der Waals surface area contributed by atoms with Crippen molar-refractivity contribution in [1.29, 1.82) is 0 Å². The number of nitrogen functional groups attached to an aromatic ring is 1. The molecule has 13 heavy (non-hydrogen) atoms. The molecule has 1 rings (SSSR count). The minimum atomic E-state index is -0.604. The smallest absolute Gasteiger partial charge is 0.257 e. The highest BCUT2D eigenvalue weighted by molar-refractivity contribution is 7.71. The maximum atomic E-state index is 11.3. The predicted octanol–water partition coefficient (Wildman–Crippen LogP) is -0.0620. The third kappa shape index (κ3) is 2.40. The van der Waals surface area contributed by atoms with Gasteiger partial charge in [-0.05, 0) is 19.1 Å². The highest BCUT2D eigenvalue weighted by Crippen LogP contribution is 2.03. The van der Waals surface area contributed by atoms with Crippen LogP contribution in [0.4, 0.5) is 5.82 Å². The lowest BCUT2D eigenvalue weighted by Gasteiger charge is -2.05. The number of aliphatic hydroxyl groups excluding tert-OH is 1. The van der Waals surface area contributed by atoms with Crippen LogP contribution in [0.25, 0.3) is 0 Å². The third-order valence-electron chi connectivity index (χ3n) is 1.57. The Morgan fingerprint density at radius 2 is 2.23 bits per heavy atom. The zero-order chi connectivity index (χ0) is 10.0. The van der Waals surface area contributed by atoms with E-state index in [1.54, 1.807) is 6.92 Å². The number of H-pyrrole nitrogens is 2. The van der Waals surface area contributed by atoms with Crippen LogP contribution in [0.1, 0.15) is 12.5 Å². The fourth-order valence-corrected chi connectivity index (χ4v) is 1.23. The van der Waals surface area contributed by atoms with Crippen molar-refractivity contribution in [2.24, 2.45) is 0 Å². The summed E-state index contributed by atoms with van der Waals surface area (Å²) in [6.45, 7) is 1.58. The van der Waals surface area contributed by atoms with Crippen molar-refractivity contribution in [2.45, 2.75) is 19.4 Å². The summed E-state index contributed by atoms with van der Waals surface area (Å²) in [5.41, 5.74) is 5.51. The summed E-state index contributed by atoms with van der Waals surface area (Å²) < 4.78 is 0.192. The van der Waals surface area contributed by atoms with Crippen LogP contribution in [0.5, 0.6) is 0 Å². The summed E-state index contributed by atoms with van der Waals surface area (Å²) >= 11 is 4.71. The number of hydrogen-bond donors (Lipinski definition) is 4. The van der Waals surface area contributed by atoms with Crippen LogP contribution in [-0.4, -0.2) is 21.2 Å². The number of nitrogens with one attached hydrogen (secondary N) is 2. The van der Waals surface area contributed by atoms with E-state index in [1.807, 2.05) is 0 Å². The Morgan fingerprint density at radius 1 is 1.62 bits per heavy atom. The van der Waals surface area contributed by atoms with E-state index in [9.17, 15) is 4.79 Å². The maximum Gasteiger partial charge on any atom is 0.257 e. The molecule has 0 saturated carbocycles. The lowest BCUT2D eigenvalue weighted by Crippen LogP contribution is -2.21. The van der Waals surface area contributed by atoms with Gasteiger partial charge in [0.25, 0.3) is 5.56 Å². The van der Waals surface area contributed by atoms with Crippen LogP contribution >= 0.6 is 12.2 Å². The van der Waals surface area contributed by atoms with Crippen LogP contribution in [-0.2, 0) is 6.42 Å². The lowest BCUT2D eigenvalue weighted by molar-refractivity contribution is 0.195. The highest BCUT2D eigenvalue weighted by atomic mass is 32.1. The minimum Gasteiger partial charge on any atom is -0.393 e. The number of anilines is 1. The van der Waals surface area contributed by atoms with Crippen LogP contribution in [0.15, 0.2) is 4.79 Å². The van der Waals surface area contributed by atoms with Gasteiger partial charge in [-0.1, -0.05) is 0 Å². The molecule has 5 nitrogen and oxygen atoms in total. The number of aliphatic hydroxyl groups is 1. The fraction of sp³-hybridized carbons (Fsp3) is 0.429. The highest BCUT2D eigenvalue weighted by Gasteiger charge is 2.08. The molecule has 1 unspecified atom stereocenters. The Labute approximate surface area is 79.6 Å². The number of nitrogens with two attached hydrogens (primary N) is 1. The Hall–Kier alpha value is -1.14. The average molecular weight is 201 g/mol. The molecule has 0 aliphatic carbocycles. The largest absolute Gasteiger partial charge is 0.393 e. The van der Waals surface area contributed by atoms with Gasteiger partial charge in [0.2, 0.25) is 0 Å². The summed E-state index contributed by atoms with van der Waals surface area (Å²) in [5, 5.41) is 9.08. The Kier molecular flexibility index (Phi) is 2.84. The molecule has 1 atom stereocenters. The normalized spacial score (nSPS) is 12.8. The van der Waals surface area contributed by atoms with Gasteiger partial charge in [0.05, 0.1) is 11.7 Å². The summed E-state index contributed by atoms with van der Waals surface area (Å²) in [6, 6.07) is 0. The second-order valence-corrected chi connectivity index (χ2v) is 3.26. The number of hydrogen-bond acceptors (Lipinski definition) is 4. The van der Waals surface area contributed by atoms with E-state index in [1.165, 1.54) is 0 Å². The zero-order valence-corrected chi connectivity index (χ0v) is 7.94. The molecule has 1 heterocycles. The Balaban J connectivity index is 3.22. The summed E-state index contributed by atoms with van der Waals surface area (Å²) in [4.78, 5) is 16.3. The SMILES string of the molecule is CC(O)Cc1c(N)[nH]c(=S)[nH]c1=O. The summed E-state index contributed by atoms with van der Waals surface area (Å²) in [7, 11) is 0. The van der Waals surface area contributed by atoms with Crippen molar-refractivity contribution in [1.82, 2.24) is 9.97 Å². The molecule has 6 heteroatoms. The van der Waals surface area contributed by atoms with Crippen LogP contribution in [0, 0.1) is 4.77 Å². The predicted molar refractivity (Wildman–Crippen MR) is 52.0 cm³/mol. The van der Waals surface area contributed by atoms with Gasteiger partial charge in [-0.25, -0.2) is 0 Å². The van der Waals surface area contributed by atoms with Gasteiger partial charge < -0.3 is 15.8 Å². The van der Waals surface area contributed by atoms with Crippen molar-refractivity contribution in [3.05, 3.63) is 20.7 Å². The fourth-order valence-electron chi connectivity index (χ4n) is 1.03. The molecular weight excluding hydrogens is 190 g/mol. The van der Waals surface area contributed by atoms with E-state index in [4.69, 9.17) is 23.1 Å². The molecule has 5 N–H and O–H groups in total. The van der Waals surface area contributed by atoms with Gasteiger partial charge in [0, 0.05) is 6.42 Å². The van der Waals surface area contributed by atoms with Crippen molar-refractivity contribution >= 4 is 18.0 Å². The molecule has 0 aliphatic rings. The summed E-state index contributed by atoms with van der Waals surface area (Å²) in [5.74, 6) is 0.217. The Morgan fingerprint density at radius 3 is 2.69 bits per heavy atom. The molecule has 72 valence electrons. The first kappa shape index (κ1) is 9.94. The van der Waals surface area contributed by atoms with Gasteiger partial charge in [-0.2, -0.15) is 0 Å². The van der Waals surface area contributed by atoms with Gasteiger partial charge >= 0.3 is 0 Å². The van der Waals surface area contributed by atoms with Crippen molar-refractivity contribution < 1.29 is 5.11 Å². The molecule has 0 saturated heterocycles. The third-order valence-corrected chi connectivity index (χ3v) is 1.78. The summed E-state index contributed by atoms with van der Waals surface area (Å²) in [6.07, 6.45) is -0.388. The topological polar surface area (TPSA) is 94.9 Å². The van der Waals surface area contributed by atoms with E-state index in [-0.39, 0.29) is 22.6 Å². The van der Waals surface area contributed by atoms with E-state index < -0.39 is 6.10 Å². The molecular formula is C7H11N3O2S. The van der Waals surface area contributed by atoms with Gasteiger partial charge in [0.1, 0.15) is 5.82 Å². The minimum absolute atomic E-state index is 0.192. The van der Waals surface area contributed by atoms with E-state index in [0.717, 1.165) is 0 Å². The van der Waals surface area contributed by atoms with E-state index in [0.29, 0.717) is 5.56 Å². The monoisotopic (exact) mass is 201 g/mol. The van der Waals surface area contributed by atoms with E-state index in [2.05, 4.69) is 9.97 Å². The average Bonchev–Trinajstić information content (AvgIpc) is 1.96. The molecule has 1 aromatic heterocycles. The van der Waals surface area contributed by atoms with Gasteiger partial charge in [-0.15, -0.1) is 0 Å². The molecule has 0 amide bonds. The molecule has 0 fully saturated rings. The number of aromatic amines is 2.